The topological polar surface area (TPSA) is 75.9 Å². The van der Waals surface area contributed by atoms with Gasteiger partial charge in [0.1, 0.15) is 11.6 Å². The molecule has 30 heavy (non-hydrogen) atoms. The van der Waals surface area contributed by atoms with E-state index in [0.717, 1.165) is 73.7 Å². The first-order valence-electron chi connectivity index (χ1n) is 10.8. The molecule has 4 heterocycles. The van der Waals surface area contributed by atoms with Gasteiger partial charge in [-0.05, 0) is 64.2 Å². The number of hydrogen-bond acceptors (Lipinski definition) is 7. The van der Waals surface area contributed by atoms with Crippen LogP contribution in [0.15, 0.2) is 18.2 Å². The molecule has 3 aromatic rings. The van der Waals surface area contributed by atoms with Crippen LogP contribution in [0, 0.1) is 20.8 Å². The number of rotatable bonds is 3. The average Bonchev–Trinajstić information content (AvgIpc) is 3.11. The van der Waals surface area contributed by atoms with Crippen molar-refractivity contribution >= 4 is 11.6 Å². The Balaban J connectivity index is 1.33. The second kappa shape index (κ2) is 7.66. The average molecular weight is 405 g/mol. The lowest BCUT2D eigenvalue weighted by molar-refractivity contribution is 0.622. The van der Waals surface area contributed by atoms with Gasteiger partial charge >= 0.3 is 0 Å². The Labute approximate surface area is 177 Å². The summed E-state index contributed by atoms with van der Waals surface area (Å²) in [5, 5.41) is 13.6. The molecule has 0 bridgehead atoms. The number of aryl methyl sites for hydroxylation is 5. The number of hydrogen-bond donors (Lipinski definition) is 0. The Morgan fingerprint density at radius 2 is 1.43 bits per heavy atom. The van der Waals surface area contributed by atoms with Crippen LogP contribution in [0.5, 0.6) is 0 Å². The molecule has 1 fully saturated rings. The highest BCUT2D eigenvalue weighted by Crippen LogP contribution is 2.24. The van der Waals surface area contributed by atoms with E-state index >= 15 is 0 Å². The molecule has 5 rings (SSSR count). The van der Waals surface area contributed by atoms with E-state index in [4.69, 9.17) is 4.98 Å². The van der Waals surface area contributed by atoms with Crippen molar-refractivity contribution in [2.24, 2.45) is 0 Å². The molecule has 156 valence electrons. The van der Waals surface area contributed by atoms with Gasteiger partial charge in [0.15, 0.2) is 11.6 Å². The van der Waals surface area contributed by atoms with Gasteiger partial charge in [-0.25, -0.2) is 14.6 Å². The highest BCUT2D eigenvalue weighted by molar-refractivity contribution is 5.49. The second-order valence-corrected chi connectivity index (χ2v) is 8.33. The van der Waals surface area contributed by atoms with Gasteiger partial charge in [-0.2, -0.15) is 10.2 Å². The van der Waals surface area contributed by atoms with Crippen LogP contribution in [0.2, 0.25) is 0 Å². The van der Waals surface area contributed by atoms with Gasteiger partial charge < -0.3 is 9.80 Å². The number of nitrogens with zero attached hydrogens (tertiary/aromatic N) is 8. The largest absolute Gasteiger partial charge is 0.353 e. The summed E-state index contributed by atoms with van der Waals surface area (Å²) in [6, 6.07) is 6.36. The van der Waals surface area contributed by atoms with Crippen LogP contribution in [0.1, 0.15) is 41.3 Å². The van der Waals surface area contributed by atoms with Crippen molar-refractivity contribution in [1.29, 1.82) is 0 Å². The van der Waals surface area contributed by atoms with E-state index in [1.54, 1.807) is 0 Å². The molecule has 8 nitrogen and oxygen atoms in total. The molecule has 0 spiro atoms. The van der Waals surface area contributed by atoms with E-state index in [9.17, 15) is 0 Å². The Bertz CT molecular complexity index is 1060. The van der Waals surface area contributed by atoms with Crippen molar-refractivity contribution in [3.63, 3.8) is 0 Å². The molecule has 1 aliphatic carbocycles. The summed E-state index contributed by atoms with van der Waals surface area (Å²) in [6.07, 6.45) is 4.70. The molecular formula is C22H28N8. The summed E-state index contributed by atoms with van der Waals surface area (Å²) in [7, 11) is 0. The molecule has 0 N–H and O–H groups in total. The Kier molecular flexibility index (Phi) is 4.84. The SMILES string of the molecule is Cc1cc(C)n(-c2cc(N3CCN(c4cc5c(nn4)CCCC5)CC3)nc(C)n2)n1. The van der Waals surface area contributed by atoms with Crippen LogP contribution < -0.4 is 9.80 Å². The van der Waals surface area contributed by atoms with Crippen molar-refractivity contribution in [1.82, 2.24) is 29.9 Å². The van der Waals surface area contributed by atoms with Gasteiger partial charge in [-0.1, -0.05) is 0 Å². The molecule has 3 aromatic heterocycles. The maximum atomic E-state index is 4.70. The fourth-order valence-electron chi connectivity index (χ4n) is 4.47. The monoisotopic (exact) mass is 404 g/mol. The van der Waals surface area contributed by atoms with E-state index in [1.807, 2.05) is 24.6 Å². The van der Waals surface area contributed by atoms with Gasteiger partial charge in [-0.15, -0.1) is 5.10 Å². The number of piperazine rings is 1. The predicted molar refractivity (Wildman–Crippen MR) is 116 cm³/mol. The minimum absolute atomic E-state index is 0.762. The lowest BCUT2D eigenvalue weighted by atomic mass is 9.97. The molecule has 0 atom stereocenters. The fourth-order valence-corrected chi connectivity index (χ4v) is 4.47. The number of anilines is 2. The van der Waals surface area contributed by atoms with E-state index in [-0.39, 0.29) is 0 Å². The summed E-state index contributed by atoms with van der Waals surface area (Å²) >= 11 is 0. The van der Waals surface area contributed by atoms with E-state index in [1.165, 1.54) is 24.1 Å². The zero-order chi connectivity index (χ0) is 20.7. The lowest BCUT2D eigenvalue weighted by Gasteiger charge is -2.36. The third-order valence-corrected chi connectivity index (χ3v) is 6.02. The standard InChI is InChI=1S/C22H28N8/c1-15-12-16(2)30(27-15)21-14-20(23-17(3)24-21)28-8-10-29(11-9-28)22-13-18-6-4-5-7-19(18)25-26-22/h12-14H,4-11H2,1-3H3. The molecule has 2 aliphatic rings. The van der Waals surface area contributed by atoms with Crippen molar-refractivity contribution in [3.05, 3.63) is 46.7 Å². The third kappa shape index (κ3) is 3.62. The zero-order valence-corrected chi connectivity index (χ0v) is 18.0. The highest BCUT2D eigenvalue weighted by Gasteiger charge is 2.22. The summed E-state index contributed by atoms with van der Waals surface area (Å²) in [5.74, 6) is 3.56. The van der Waals surface area contributed by atoms with Gasteiger partial charge in [0, 0.05) is 37.9 Å². The lowest BCUT2D eigenvalue weighted by Crippen LogP contribution is -2.47. The predicted octanol–water partition coefficient (Wildman–Crippen LogP) is 2.58. The second-order valence-electron chi connectivity index (χ2n) is 8.33. The van der Waals surface area contributed by atoms with Crippen molar-refractivity contribution in [3.8, 4) is 5.82 Å². The molecule has 0 radical (unpaired) electrons. The first kappa shape index (κ1) is 19.0. The first-order valence-corrected chi connectivity index (χ1v) is 10.8. The Hall–Kier alpha value is -3.03. The summed E-state index contributed by atoms with van der Waals surface area (Å²) in [5.41, 5.74) is 4.64. The highest BCUT2D eigenvalue weighted by atomic mass is 15.4. The van der Waals surface area contributed by atoms with E-state index in [2.05, 4.69) is 49.1 Å². The normalized spacial score (nSPS) is 16.6. The van der Waals surface area contributed by atoms with Crippen LogP contribution in [0.4, 0.5) is 11.6 Å². The van der Waals surface area contributed by atoms with Crippen LogP contribution in [-0.2, 0) is 12.8 Å². The van der Waals surface area contributed by atoms with Crippen molar-refractivity contribution < 1.29 is 0 Å². The smallest absolute Gasteiger partial charge is 0.159 e. The Morgan fingerprint density at radius 3 is 2.17 bits per heavy atom. The van der Waals surface area contributed by atoms with Gasteiger partial charge in [0.05, 0.1) is 11.4 Å². The molecule has 8 heteroatoms. The molecule has 0 saturated carbocycles. The van der Waals surface area contributed by atoms with E-state index < -0.39 is 0 Å². The minimum Gasteiger partial charge on any atom is -0.353 e. The van der Waals surface area contributed by atoms with Crippen LogP contribution >= 0.6 is 0 Å². The summed E-state index contributed by atoms with van der Waals surface area (Å²) < 4.78 is 1.90. The molecular weight excluding hydrogens is 376 g/mol. The fraction of sp³-hybridized carbons (Fsp3) is 0.500. The summed E-state index contributed by atoms with van der Waals surface area (Å²) in [4.78, 5) is 14.0. The maximum Gasteiger partial charge on any atom is 0.159 e. The Morgan fingerprint density at radius 1 is 0.733 bits per heavy atom. The molecule has 1 aliphatic heterocycles. The van der Waals surface area contributed by atoms with Gasteiger partial charge in [0.2, 0.25) is 0 Å². The van der Waals surface area contributed by atoms with Crippen LogP contribution in [0.25, 0.3) is 5.82 Å². The van der Waals surface area contributed by atoms with Crippen LogP contribution in [0.3, 0.4) is 0 Å². The van der Waals surface area contributed by atoms with Crippen molar-refractivity contribution in [2.75, 3.05) is 36.0 Å². The minimum atomic E-state index is 0.762. The molecule has 1 saturated heterocycles. The maximum absolute atomic E-state index is 4.70. The van der Waals surface area contributed by atoms with Gasteiger partial charge in [-0.3, -0.25) is 0 Å². The molecule has 0 aromatic carbocycles. The number of aromatic nitrogens is 6. The number of fused-ring (bicyclic) bond motifs is 1. The van der Waals surface area contributed by atoms with Crippen LogP contribution in [-0.4, -0.2) is 56.1 Å². The first-order chi connectivity index (χ1) is 14.6. The zero-order valence-electron chi connectivity index (χ0n) is 18.0. The summed E-state index contributed by atoms with van der Waals surface area (Å²) in [6.45, 7) is 9.60. The van der Waals surface area contributed by atoms with Gasteiger partial charge in [0.25, 0.3) is 0 Å². The van der Waals surface area contributed by atoms with E-state index in [0.29, 0.717) is 0 Å². The quantitative estimate of drug-likeness (QED) is 0.664. The molecule has 0 unspecified atom stereocenters. The van der Waals surface area contributed by atoms with Crippen molar-refractivity contribution in [2.45, 2.75) is 46.5 Å². The molecule has 0 amide bonds. The third-order valence-electron chi connectivity index (χ3n) is 6.02.